The number of ketones is 1. The maximum absolute atomic E-state index is 14.9. The molecule has 0 spiro atoms. The van der Waals surface area contributed by atoms with E-state index in [-0.39, 0.29) is 37.2 Å². The molecule has 0 aromatic heterocycles. The van der Waals surface area contributed by atoms with Gasteiger partial charge in [0, 0.05) is 31.1 Å². The highest BCUT2D eigenvalue weighted by atomic mass is 16.6. The molecule has 6 rings (SSSR count). The maximum atomic E-state index is 14.9. The summed E-state index contributed by atoms with van der Waals surface area (Å²) < 4.78 is 30.1. The SMILES string of the molecule is CC(=O)O[C@@]12COC1C[C@H](O)[C@@]1(C)C(=O)[C@H](O)C3=C(C)[C@@H](OC(=O)[C@H](O)[C@@H](NC(=O)OC(C)(C)C)c4ccccc4)C[C@@](O)([C@@H](OCc4ccccc4)C21)C3(C)C. The van der Waals surface area contributed by atoms with E-state index in [0.717, 1.165) is 0 Å². The minimum absolute atomic E-state index is 0.0498. The number of rotatable bonds is 9. The van der Waals surface area contributed by atoms with Gasteiger partial charge in [-0.2, -0.15) is 0 Å². The van der Waals surface area contributed by atoms with Gasteiger partial charge in [-0.15, -0.1) is 0 Å². The molecule has 11 atom stereocenters. The Balaban J connectivity index is 1.46. The molecule has 1 heterocycles. The standard InChI is InChI=1S/C43H55NO13/c1-23-27(55-37(50)33(48)31(26-17-13-10-14-18-26)44-38(51)57-39(3,4)5)20-43(52)36(53-21-25-15-11-9-12-16-25)34-41(8,35(49)32(47)30(23)40(43,6)7)28(46)19-29-42(34,22-54-29)56-24(2)45/h9-18,27-29,31-34,36,46-48,52H,19-22H2,1-8H3,(H,44,51)/t27-,28-,29?,31-,32+,33+,34?,36-,41+,42-,43+/m0/s1. The van der Waals surface area contributed by atoms with Gasteiger partial charge in [0.05, 0.1) is 36.9 Å². The van der Waals surface area contributed by atoms with Crippen molar-refractivity contribution in [1.29, 1.82) is 0 Å². The Morgan fingerprint density at radius 2 is 1.61 bits per heavy atom. The van der Waals surface area contributed by atoms with E-state index < -0.39 is 100 Å². The summed E-state index contributed by atoms with van der Waals surface area (Å²) in [6.45, 7) is 12.3. The first-order chi connectivity index (χ1) is 26.6. The first kappa shape index (κ1) is 42.4. The van der Waals surface area contributed by atoms with E-state index in [1.165, 1.54) is 13.8 Å². The second-order valence-electron chi connectivity index (χ2n) is 17.6. The van der Waals surface area contributed by atoms with Crippen LogP contribution in [0.5, 0.6) is 0 Å². The number of aliphatic hydroxyl groups is 4. The normalized spacial score (nSPS) is 34.2. The predicted octanol–water partition coefficient (Wildman–Crippen LogP) is 3.62. The molecule has 0 radical (unpaired) electrons. The maximum Gasteiger partial charge on any atom is 0.408 e. The molecule has 14 heteroatoms. The summed E-state index contributed by atoms with van der Waals surface area (Å²) in [6, 6.07) is 16.0. The fraction of sp³-hybridized carbons (Fsp3) is 0.581. The van der Waals surface area contributed by atoms with E-state index in [2.05, 4.69) is 5.32 Å². The summed E-state index contributed by atoms with van der Waals surface area (Å²) in [5.41, 5.74) is -6.50. The number of Topliss-reactive ketones (excluding diaryl/α,β-unsaturated/α-hetero) is 1. The lowest BCUT2D eigenvalue weighted by atomic mass is 9.44. The van der Waals surface area contributed by atoms with E-state index in [1.807, 2.05) is 30.3 Å². The van der Waals surface area contributed by atoms with Crippen molar-refractivity contribution >= 4 is 23.8 Å². The van der Waals surface area contributed by atoms with Crippen LogP contribution in [0.15, 0.2) is 71.8 Å². The van der Waals surface area contributed by atoms with Crippen LogP contribution >= 0.6 is 0 Å². The zero-order valence-corrected chi connectivity index (χ0v) is 33.7. The van der Waals surface area contributed by atoms with Crippen LogP contribution in [0.2, 0.25) is 0 Å². The number of carbonyl (C=O) groups excluding carboxylic acids is 4. The quantitative estimate of drug-likeness (QED) is 0.140. The first-order valence-electron chi connectivity index (χ1n) is 19.3. The molecule has 14 nitrogen and oxygen atoms in total. The zero-order chi connectivity index (χ0) is 41.9. The Bertz CT molecular complexity index is 1890. The van der Waals surface area contributed by atoms with Gasteiger partial charge in [-0.25, -0.2) is 9.59 Å². The van der Waals surface area contributed by atoms with Crippen molar-refractivity contribution < 1.29 is 63.3 Å². The van der Waals surface area contributed by atoms with Crippen LogP contribution < -0.4 is 5.32 Å². The molecule has 2 bridgehead atoms. The smallest absolute Gasteiger partial charge is 0.408 e. The zero-order valence-electron chi connectivity index (χ0n) is 33.7. The van der Waals surface area contributed by atoms with Gasteiger partial charge in [0.15, 0.2) is 17.5 Å². The van der Waals surface area contributed by atoms with Crippen molar-refractivity contribution in [3.63, 3.8) is 0 Å². The Morgan fingerprint density at radius 3 is 2.18 bits per heavy atom. The molecular weight excluding hydrogens is 738 g/mol. The van der Waals surface area contributed by atoms with Crippen molar-refractivity contribution in [3.05, 3.63) is 82.9 Å². The van der Waals surface area contributed by atoms with Gasteiger partial charge in [-0.05, 0) is 56.9 Å². The van der Waals surface area contributed by atoms with Crippen LogP contribution in [0.25, 0.3) is 0 Å². The van der Waals surface area contributed by atoms with Crippen molar-refractivity contribution in [3.8, 4) is 0 Å². The molecule has 2 aromatic rings. The number of hydrogen-bond donors (Lipinski definition) is 5. The van der Waals surface area contributed by atoms with E-state index in [4.69, 9.17) is 23.7 Å². The van der Waals surface area contributed by atoms with Crippen LogP contribution in [0.3, 0.4) is 0 Å². The number of benzene rings is 2. The highest BCUT2D eigenvalue weighted by Gasteiger charge is 2.77. The van der Waals surface area contributed by atoms with Crippen molar-refractivity contribution in [2.75, 3.05) is 6.61 Å². The first-order valence-corrected chi connectivity index (χ1v) is 19.3. The summed E-state index contributed by atoms with van der Waals surface area (Å²) in [6.07, 6.45) is -10.3. The summed E-state index contributed by atoms with van der Waals surface area (Å²) >= 11 is 0. The number of fused-ring (bicyclic) bond motifs is 5. The van der Waals surface area contributed by atoms with E-state index in [9.17, 15) is 39.6 Å². The average molecular weight is 794 g/mol. The molecular formula is C43H55NO13. The van der Waals surface area contributed by atoms with Crippen LogP contribution in [0.1, 0.15) is 85.4 Å². The van der Waals surface area contributed by atoms with Crippen LogP contribution in [0, 0.1) is 16.7 Å². The second-order valence-corrected chi connectivity index (χ2v) is 17.6. The molecule has 2 saturated carbocycles. The number of amides is 1. The minimum Gasteiger partial charge on any atom is -0.456 e. The lowest BCUT2D eigenvalue weighted by Gasteiger charge is -2.67. The summed E-state index contributed by atoms with van der Waals surface area (Å²) in [5.74, 6) is -3.94. The molecule has 3 aliphatic carbocycles. The number of carbonyl (C=O) groups is 4. The number of aliphatic hydroxyl groups excluding tert-OH is 3. The monoisotopic (exact) mass is 793 g/mol. The van der Waals surface area contributed by atoms with Crippen molar-refractivity contribution in [2.45, 2.75) is 134 Å². The molecule has 310 valence electrons. The van der Waals surface area contributed by atoms with Gasteiger partial charge in [-0.1, -0.05) is 74.5 Å². The topological polar surface area (TPSA) is 207 Å². The van der Waals surface area contributed by atoms with Crippen LogP contribution in [0.4, 0.5) is 4.79 Å². The number of esters is 2. The van der Waals surface area contributed by atoms with Crippen LogP contribution in [-0.2, 0) is 44.7 Å². The predicted molar refractivity (Wildman–Crippen MR) is 203 cm³/mol. The molecule has 4 aliphatic rings. The largest absolute Gasteiger partial charge is 0.456 e. The second kappa shape index (κ2) is 15.2. The molecule has 1 amide bonds. The third-order valence-electron chi connectivity index (χ3n) is 12.6. The summed E-state index contributed by atoms with van der Waals surface area (Å²) in [7, 11) is 0. The third-order valence-corrected chi connectivity index (χ3v) is 12.6. The van der Waals surface area contributed by atoms with E-state index in [0.29, 0.717) is 11.1 Å². The molecule has 1 aliphatic heterocycles. The molecule has 5 N–H and O–H groups in total. The van der Waals surface area contributed by atoms with E-state index in [1.54, 1.807) is 71.9 Å². The van der Waals surface area contributed by atoms with Crippen molar-refractivity contribution in [2.24, 2.45) is 16.7 Å². The Kier molecular flexibility index (Phi) is 11.3. The lowest BCUT2D eigenvalue weighted by Crippen LogP contribution is -2.81. The van der Waals surface area contributed by atoms with Crippen LogP contribution in [-0.4, -0.2) is 104 Å². The van der Waals surface area contributed by atoms with Gasteiger partial charge in [0.25, 0.3) is 0 Å². The molecule has 57 heavy (non-hydrogen) atoms. The third kappa shape index (κ3) is 7.29. The average Bonchev–Trinajstić information content (AvgIpc) is 3.13. The Labute approximate surface area is 332 Å². The van der Waals surface area contributed by atoms with Gasteiger partial charge in [0.2, 0.25) is 0 Å². The van der Waals surface area contributed by atoms with Gasteiger partial charge in [0.1, 0.15) is 29.5 Å². The van der Waals surface area contributed by atoms with Crippen molar-refractivity contribution in [1.82, 2.24) is 5.32 Å². The Morgan fingerprint density at radius 1 is 1.00 bits per heavy atom. The lowest BCUT2D eigenvalue weighted by molar-refractivity contribution is -0.351. The van der Waals surface area contributed by atoms with Gasteiger partial charge >= 0.3 is 18.0 Å². The fourth-order valence-corrected chi connectivity index (χ4v) is 9.63. The summed E-state index contributed by atoms with van der Waals surface area (Å²) in [5, 5.41) is 51.7. The van der Waals surface area contributed by atoms with E-state index >= 15 is 0 Å². The molecule has 3 fully saturated rings. The summed E-state index contributed by atoms with van der Waals surface area (Å²) in [4.78, 5) is 54.8. The molecule has 2 aromatic carbocycles. The fourth-order valence-electron chi connectivity index (χ4n) is 9.63. The number of nitrogens with one attached hydrogen (secondary N) is 1. The molecule has 1 saturated heterocycles. The Hall–Kier alpha value is -4.18. The highest BCUT2D eigenvalue weighted by Crippen LogP contribution is 2.64. The van der Waals surface area contributed by atoms with Gasteiger partial charge in [-0.3, -0.25) is 9.59 Å². The highest BCUT2D eigenvalue weighted by molar-refractivity contribution is 5.93. The molecule has 2 unspecified atom stereocenters. The van der Waals surface area contributed by atoms with Gasteiger partial charge < -0.3 is 49.4 Å². The minimum atomic E-state index is -2.11. The number of ether oxygens (including phenoxy) is 5. The number of alkyl carbamates (subject to hydrolysis) is 1. The number of hydrogen-bond acceptors (Lipinski definition) is 13.